The summed E-state index contributed by atoms with van der Waals surface area (Å²) in [6, 6.07) is 7.95. The van der Waals surface area contributed by atoms with E-state index in [0.717, 1.165) is 39.5 Å². The molecule has 0 aliphatic heterocycles. The number of aryl methyl sites for hydroxylation is 1. The third kappa shape index (κ3) is 3.25. The van der Waals surface area contributed by atoms with Crippen molar-refractivity contribution in [2.24, 2.45) is 11.3 Å². The predicted molar refractivity (Wildman–Crippen MR) is 110 cm³/mol. The highest BCUT2D eigenvalue weighted by molar-refractivity contribution is 9.10. The molecule has 1 aromatic carbocycles. The van der Waals surface area contributed by atoms with E-state index in [1.54, 1.807) is 11.3 Å². The fourth-order valence-electron chi connectivity index (χ4n) is 3.78. The molecule has 2 heterocycles. The number of thiophene rings is 1. The zero-order valence-corrected chi connectivity index (χ0v) is 17.7. The van der Waals surface area contributed by atoms with Crippen molar-refractivity contribution in [3.63, 3.8) is 0 Å². The average molecular weight is 432 g/mol. The summed E-state index contributed by atoms with van der Waals surface area (Å²) in [5.74, 6) is 0.653. The van der Waals surface area contributed by atoms with E-state index in [4.69, 9.17) is 0 Å². The molecule has 26 heavy (non-hydrogen) atoms. The van der Waals surface area contributed by atoms with E-state index in [0.29, 0.717) is 17.9 Å². The lowest BCUT2D eigenvalue weighted by Gasteiger charge is -2.33. The minimum atomic E-state index is -0.0123. The number of hydrogen-bond acceptors (Lipinski definition) is 4. The largest absolute Gasteiger partial charge is 0.279 e. The molecule has 0 amide bonds. The van der Waals surface area contributed by atoms with Crippen LogP contribution in [0.2, 0.25) is 0 Å². The van der Waals surface area contributed by atoms with Gasteiger partial charge in [0.25, 0.3) is 5.56 Å². The Balaban J connectivity index is 1.74. The van der Waals surface area contributed by atoms with Gasteiger partial charge in [-0.05, 0) is 53.9 Å². The van der Waals surface area contributed by atoms with Gasteiger partial charge in [0, 0.05) is 9.35 Å². The molecule has 1 unspecified atom stereocenters. The average Bonchev–Trinajstić information content (AvgIpc) is 2.95. The van der Waals surface area contributed by atoms with Gasteiger partial charge < -0.3 is 0 Å². The maximum Gasteiger partial charge on any atom is 0.279 e. The number of hydrogen-bond donors (Lipinski definition) is 0. The molecule has 2 aromatic heterocycles. The van der Waals surface area contributed by atoms with Crippen molar-refractivity contribution in [1.29, 1.82) is 0 Å². The Labute approximate surface area is 165 Å². The Morgan fingerprint density at radius 2 is 2.15 bits per heavy atom. The summed E-state index contributed by atoms with van der Waals surface area (Å²) in [5.41, 5.74) is 2.53. The summed E-state index contributed by atoms with van der Waals surface area (Å²) >= 11 is 5.13. The number of fused-ring (bicyclic) bond motifs is 3. The molecule has 4 rings (SSSR count). The van der Waals surface area contributed by atoms with Gasteiger partial charge in [-0.25, -0.2) is 4.68 Å². The van der Waals surface area contributed by atoms with Crippen LogP contribution in [0.1, 0.15) is 43.2 Å². The van der Waals surface area contributed by atoms with Crippen molar-refractivity contribution >= 4 is 37.5 Å². The van der Waals surface area contributed by atoms with E-state index in [9.17, 15) is 4.79 Å². The van der Waals surface area contributed by atoms with Gasteiger partial charge in [0.05, 0.1) is 11.9 Å². The predicted octanol–water partition coefficient (Wildman–Crippen LogP) is 4.81. The van der Waals surface area contributed by atoms with Crippen molar-refractivity contribution in [2.75, 3.05) is 0 Å². The highest BCUT2D eigenvalue weighted by atomic mass is 79.9. The fourth-order valence-corrected chi connectivity index (χ4v) is 5.46. The number of halogens is 1. The van der Waals surface area contributed by atoms with Crippen LogP contribution in [-0.4, -0.2) is 15.0 Å². The van der Waals surface area contributed by atoms with Crippen LogP contribution in [0.5, 0.6) is 0 Å². The second kappa shape index (κ2) is 6.57. The van der Waals surface area contributed by atoms with Crippen molar-refractivity contribution < 1.29 is 0 Å². The maximum absolute atomic E-state index is 13.1. The molecule has 4 nitrogen and oxygen atoms in total. The van der Waals surface area contributed by atoms with Crippen LogP contribution < -0.4 is 5.56 Å². The van der Waals surface area contributed by atoms with Gasteiger partial charge in [0.15, 0.2) is 4.83 Å². The zero-order chi connectivity index (χ0) is 18.5. The first-order valence-electron chi connectivity index (χ1n) is 8.95. The zero-order valence-electron chi connectivity index (χ0n) is 15.3. The van der Waals surface area contributed by atoms with Crippen molar-refractivity contribution in [3.05, 3.63) is 55.1 Å². The smallest absolute Gasteiger partial charge is 0.267 e. The summed E-state index contributed by atoms with van der Waals surface area (Å²) in [4.78, 5) is 15.2. The van der Waals surface area contributed by atoms with E-state index in [-0.39, 0.29) is 5.56 Å². The van der Waals surface area contributed by atoms with Crippen LogP contribution in [0, 0.1) is 11.3 Å². The Hall–Kier alpha value is -1.53. The van der Waals surface area contributed by atoms with Gasteiger partial charge in [-0.2, -0.15) is 0 Å². The minimum Gasteiger partial charge on any atom is -0.267 e. The second-order valence-electron chi connectivity index (χ2n) is 8.17. The second-order valence-corrected chi connectivity index (χ2v) is 10.2. The molecule has 0 N–H and O–H groups in total. The number of rotatable bonds is 2. The summed E-state index contributed by atoms with van der Waals surface area (Å²) in [5, 5.41) is 9.36. The molecule has 0 fully saturated rings. The van der Waals surface area contributed by atoms with Crippen molar-refractivity contribution in [3.8, 4) is 0 Å². The van der Waals surface area contributed by atoms with Gasteiger partial charge in [-0.15, -0.1) is 16.4 Å². The molecular formula is C20H22BrN3OS. The Morgan fingerprint density at radius 3 is 2.88 bits per heavy atom. The van der Waals surface area contributed by atoms with E-state index in [2.05, 4.69) is 47.0 Å². The molecule has 1 aliphatic rings. The lowest BCUT2D eigenvalue weighted by atomic mass is 9.72. The van der Waals surface area contributed by atoms with Gasteiger partial charge in [0.1, 0.15) is 0 Å². The molecule has 3 aromatic rings. The topological polar surface area (TPSA) is 47.8 Å². The SMILES string of the molecule is CC(C)(C)C1CCc2c(sc3nnn(Cc4cccc(Br)c4)c(=O)c23)C1. The maximum atomic E-state index is 13.1. The molecule has 136 valence electrons. The van der Waals surface area contributed by atoms with E-state index in [1.165, 1.54) is 15.1 Å². The highest BCUT2D eigenvalue weighted by Gasteiger charge is 2.31. The number of benzene rings is 1. The quantitative estimate of drug-likeness (QED) is 0.584. The molecule has 0 spiro atoms. The van der Waals surface area contributed by atoms with Gasteiger partial charge >= 0.3 is 0 Å². The van der Waals surface area contributed by atoms with Crippen LogP contribution in [0.4, 0.5) is 0 Å². The van der Waals surface area contributed by atoms with Crippen LogP contribution in [0.15, 0.2) is 33.5 Å². The fraction of sp³-hybridized carbons (Fsp3) is 0.450. The third-order valence-corrected chi connectivity index (χ3v) is 7.02. The minimum absolute atomic E-state index is 0.0123. The molecule has 6 heteroatoms. The van der Waals surface area contributed by atoms with Gasteiger partial charge in [-0.3, -0.25) is 4.79 Å². The molecule has 0 saturated carbocycles. The standard InChI is InChI=1S/C20H22BrN3OS/c1-20(2,3)13-7-8-15-16(10-13)26-18-17(15)19(25)24(23-22-18)11-12-5-4-6-14(21)9-12/h4-6,9,13H,7-8,10-11H2,1-3H3. The van der Waals surface area contributed by atoms with Crippen molar-refractivity contribution in [2.45, 2.75) is 46.6 Å². The number of nitrogens with zero attached hydrogens (tertiary/aromatic N) is 3. The lowest BCUT2D eigenvalue weighted by Crippen LogP contribution is -2.28. The molecule has 1 aliphatic carbocycles. The summed E-state index contributed by atoms with van der Waals surface area (Å²) in [6.45, 7) is 7.36. The Bertz CT molecular complexity index is 1030. The number of aromatic nitrogens is 3. The monoisotopic (exact) mass is 431 g/mol. The molecule has 0 saturated heterocycles. The van der Waals surface area contributed by atoms with Gasteiger partial charge in [-0.1, -0.05) is 54.0 Å². The molecule has 0 radical (unpaired) electrons. The lowest BCUT2D eigenvalue weighted by molar-refractivity contribution is 0.218. The van der Waals surface area contributed by atoms with E-state index >= 15 is 0 Å². The Morgan fingerprint density at radius 1 is 1.35 bits per heavy atom. The summed E-state index contributed by atoms with van der Waals surface area (Å²) in [6.07, 6.45) is 3.15. The highest BCUT2D eigenvalue weighted by Crippen LogP contribution is 2.41. The normalized spacial score (nSPS) is 17.5. The molecule has 1 atom stereocenters. The first kappa shape index (κ1) is 17.9. The molecule has 0 bridgehead atoms. The van der Waals surface area contributed by atoms with E-state index in [1.807, 2.05) is 24.3 Å². The van der Waals surface area contributed by atoms with E-state index < -0.39 is 0 Å². The summed E-state index contributed by atoms with van der Waals surface area (Å²) < 4.78 is 2.49. The van der Waals surface area contributed by atoms with Crippen molar-refractivity contribution in [1.82, 2.24) is 15.0 Å². The van der Waals surface area contributed by atoms with Gasteiger partial charge in [0.2, 0.25) is 0 Å². The van der Waals surface area contributed by atoms with Crippen LogP contribution in [0.25, 0.3) is 10.2 Å². The first-order chi connectivity index (χ1) is 12.3. The van der Waals surface area contributed by atoms with Crippen LogP contribution in [0.3, 0.4) is 0 Å². The summed E-state index contributed by atoms with van der Waals surface area (Å²) in [7, 11) is 0. The third-order valence-electron chi connectivity index (χ3n) is 5.38. The Kier molecular flexibility index (Phi) is 4.51. The van der Waals surface area contributed by atoms with Crippen LogP contribution in [-0.2, 0) is 19.4 Å². The first-order valence-corrected chi connectivity index (χ1v) is 10.6. The van der Waals surface area contributed by atoms with Crippen LogP contribution >= 0.6 is 27.3 Å². The molecular weight excluding hydrogens is 410 g/mol.